The molecule has 0 spiro atoms. The second kappa shape index (κ2) is 5.23. The molecule has 0 bridgehead atoms. The van der Waals surface area contributed by atoms with E-state index in [1.165, 1.54) is 0 Å². The van der Waals surface area contributed by atoms with Crippen LogP contribution in [0.25, 0.3) is 0 Å². The van der Waals surface area contributed by atoms with E-state index in [2.05, 4.69) is 13.8 Å². The summed E-state index contributed by atoms with van der Waals surface area (Å²) in [4.78, 5) is 0. The zero-order valence-electron chi connectivity index (χ0n) is 8.46. The van der Waals surface area contributed by atoms with E-state index in [0.29, 0.717) is 23.3 Å². The Morgan fingerprint density at radius 1 is 1.43 bits per heavy atom. The summed E-state index contributed by atoms with van der Waals surface area (Å²) in [7, 11) is 0. The molecule has 0 radical (unpaired) electrons. The van der Waals surface area contributed by atoms with Gasteiger partial charge in [0.05, 0.1) is 13.2 Å². The first-order valence-electron chi connectivity index (χ1n) is 4.65. The van der Waals surface area contributed by atoms with Crippen molar-refractivity contribution < 1.29 is 9.84 Å². The predicted molar refractivity (Wildman–Crippen MR) is 57.7 cm³/mol. The smallest absolute Gasteiger partial charge is 0.124 e. The first-order valence-corrected chi connectivity index (χ1v) is 5.03. The molecule has 0 fully saturated rings. The number of aliphatic hydroxyl groups is 1. The second-order valence-electron chi connectivity index (χ2n) is 3.62. The summed E-state index contributed by atoms with van der Waals surface area (Å²) < 4.78 is 5.53. The molecule has 0 aliphatic heterocycles. The maximum absolute atomic E-state index is 9.07. The van der Waals surface area contributed by atoms with Gasteiger partial charge in [-0.15, -0.1) is 0 Å². The Kier molecular flexibility index (Phi) is 4.23. The molecule has 3 heteroatoms. The lowest BCUT2D eigenvalue weighted by atomic mass is 10.2. The molecule has 0 unspecified atom stereocenters. The van der Waals surface area contributed by atoms with Crippen molar-refractivity contribution >= 4 is 11.6 Å². The van der Waals surface area contributed by atoms with E-state index >= 15 is 0 Å². The highest BCUT2D eigenvalue weighted by molar-refractivity contribution is 6.30. The van der Waals surface area contributed by atoms with E-state index < -0.39 is 0 Å². The quantitative estimate of drug-likeness (QED) is 0.835. The van der Waals surface area contributed by atoms with Crippen LogP contribution in [0.2, 0.25) is 5.02 Å². The molecule has 1 aromatic rings. The topological polar surface area (TPSA) is 29.5 Å². The summed E-state index contributed by atoms with van der Waals surface area (Å²) in [5.41, 5.74) is 0.734. The Hall–Kier alpha value is -0.730. The molecule has 1 rings (SSSR count). The number of aliphatic hydroxyl groups excluding tert-OH is 1. The maximum Gasteiger partial charge on any atom is 0.124 e. The lowest BCUT2D eigenvalue weighted by Crippen LogP contribution is -2.06. The molecule has 2 nitrogen and oxygen atoms in total. The predicted octanol–water partition coefficient (Wildman–Crippen LogP) is 2.87. The highest BCUT2D eigenvalue weighted by Crippen LogP contribution is 2.23. The molecule has 0 aliphatic rings. The molecule has 0 heterocycles. The SMILES string of the molecule is CC(C)COc1ccc(Cl)cc1CO. The lowest BCUT2D eigenvalue weighted by molar-refractivity contribution is 0.246. The van der Waals surface area contributed by atoms with Crippen LogP contribution in [0.4, 0.5) is 0 Å². The van der Waals surface area contributed by atoms with Crippen LogP contribution in [-0.2, 0) is 6.61 Å². The second-order valence-corrected chi connectivity index (χ2v) is 4.05. The Balaban J connectivity index is 2.75. The number of benzene rings is 1. The molecule has 0 amide bonds. The Morgan fingerprint density at radius 3 is 2.71 bits per heavy atom. The maximum atomic E-state index is 9.07. The number of hydrogen-bond donors (Lipinski definition) is 1. The Morgan fingerprint density at radius 2 is 2.14 bits per heavy atom. The van der Waals surface area contributed by atoms with Gasteiger partial charge in [0.2, 0.25) is 0 Å². The van der Waals surface area contributed by atoms with Crippen molar-refractivity contribution in [1.82, 2.24) is 0 Å². The van der Waals surface area contributed by atoms with Crippen LogP contribution in [0.15, 0.2) is 18.2 Å². The molecule has 78 valence electrons. The number of hydrogen-bond acceptors (Lipinski definition) is 2. The van der Waals surface area contributed by atoms with E-state index in [1.54, 1.807) is 18.2 Å². The van der Waals surface area contributed by atoms with Crippen LogP contribution < -0.4 is 4.74 Å². The van der Waals surface area contributed by atoms with E-state index in [-0.39, 0.29) is 6.61 Å². The zero-order valence-corrected chi connectivity index (χ0v) is 9.21. The highest BCUT2D eigenvalue weighted by atomic mass is 35.5. The fourth-order valence-electron chi connectivity index (χ4n) is 1.07. The summed E-state index contributed by atoms with van der Waals surface area (Å²) >= 11 is 5.79. The van der Waals surface area contributed by atoms with Crippen molar-refractivity contribution in [3.8, 4) is 5.75 Å². The van der Waals surface area contributed by atoms with E-state index in [0.717, 1.165) is 5.56 Å². The minimum absolute atomic E-state index is 0.0476. The molecule has 1 aromatic carbocycles. The Bertz CT molecular complexity index is 297. The summed E-state index contributed by atoms with van der Waals surface area (Å²) in [6.07, 6.45) is 0. The fraction of sp³-hybridized carbons (Fsp3) is 0.455. The normalized spacial score (nSPS) is 10.6. The van der Waals surface area contributed by atoms with Crippen LogP contribution in [0.5, 0.6) is 5.75 Å². The van der Waals surface area contributed by atoms with Crippen LogP contribution in [-0.4, -0.2) is 11.7 Å². The molecule has 0 aromatic heterocycles. The van der Waals surface area contributed by atoms with Crippen molar-refractivity contribution in [2.45, 2.75) is 20.5 Å². The van der Waals surface area contributed by atoms with E-state index in [1.807, 2.05) is 0 Å². The monoisotopic (exact) mass is 214 g/mol. The van der Waals surface area contributed by atoms with E-state index in [4.69, 9.17) is 21.4 Å². The van der Waals surface area contributed by atoms with Gasteiger partial charge in [0, 0.05) is 10.6 Å². The summed E-state index contributed by atoms with van der Waals surface area (Å²) in [6, 6.07) is 5.27. The highest BCUT2D eigenvalue weighted by Gasteiger charge is 2.04. The number of halogens is 1. The minimum Gasteiger partial charge on any atom is -0.493 e. The van der Waals surface area contributed by atoms with Gasteiger partial charge >= 0.3 is 0 Å². The Labute approximate surface area is 89.5 Å². The van der Waals surface area contributed by atoms with Crippen molar-refractivity contribution in [3.63, 3.8) is 0 Å². The van der Waals surface area contributed by atoms with Crippen molar-refractivity contribution in [2.24, 2.45) is 5.92 Å². The molecule has 0 atom stereocenters. The van der Waals surface area contributed by atoms with Gasteiger partial charge in [0.25, 0.3) is 0 Å². The largest absolute Gasteiger partial charge is 0.493 e. The van der Waals surface area contributed by atoms with Crippen molar-refractivity contribution in [1.29, 1.82) is 0 Å². The van der Waals surface area contributed by atoms with E-state index in [9.17, 15) is 0 Å². The zero-order chi connectivity index (χ0) is 10.6. The first-order chi connectivity index (χ1) is 6.63. The van der Waals surface area contributed by atoms with Crippen molar-refractivity contribution in [3.05, 3.63) is 28.8 Å². The molecular formula is C11H15ClO2. The van der Waals surface area contributed by atoms with Gasteiger partial charge in [-0.05, 0) is 24.1 Å². The van der Waals surface area contributed by atoms with Gasteiger partial charge < -0.3 is 9.84 Å². The minimum atomic E-state index is -0.0476. The molecule has 0 aliphatic carbocycles. The van der Waals surface area contributed by atoms with Gasteiger partial charge in [-0.1, -0.05) is 25.4 Å². The lowest BCUT2D eigenvalue weighted by Gasteiger charge is -2.11. The van der Waals surface area contributed by atoms with Crippen LogP contribution >= 0.6 is 11.6 Å². The third-order valence-corrected chi connectivity index (χ3v) is 2.00. The first kappa shape index (κ1) is 11.3. The molecular weight excluding hydrogens is 200 g/mol. The molecule has 14 heavy (non-hydrogen) atoms. The summed E-state index contributed by atoms with van der Waals surface area (Å²) in [6.45, 7) is 4.76. The van der Waals surface area contributed by atoms with Crippen LogP contribution in [0.3, 0.4) is 0 Å². The van der Waals surface area contributed by atoms with Gasteiger partial charge in [0.15, 0.2) is 0 Å². The molecule has 0 saturated heterocycles. The van der Waals surface area contributed by atoms with Crippen LogP contribution in [0, 0.1) is 5.92 Å². The van der Waals surface area contributed by atoms with Crippen molar-refractivity contribution in [2.75, 3.05) is 6.61 Å². The average Bonchev–Trinajstić information content (AvgIpc) is 2.15. The number of ether oxygens (including phenoxy) is 1. The van der Waals surface area contributed by atoms with Gasteiger partial charge in [0.1, 0.15) is 5.75 Å². The summed E-state index contributed by atoms with van der Waals surface area (Å²) in [5.74, 6) is 1.18. The third-order valence-electron chi connectivity index (χ3n) is 1.77. The molecule has 0 saturated carbocycles. The van der Waals surface area contributed by atoms with Gasteiger partial charge in [-0.2, -0.15) is 0 Å². The van der Waals surface area contributed by atoms with Gasteiger partial charge in [-0.25, -0.2) is 0 Å². The fourth-order valence-corrected chi connectivity index (χ4v) is 1.26. The summed E-state index contributed by atoms with van der Waals surface area (Å²) in [5, 5.41) is 9.69. The van der Waals surface area contributed by atoms with Gasteiger partial charge in [-0.3, -0.25) is 0 Å². The molecule has 1 N–H and O–H groups in total. The number of rotatable bonds is 4. The third kappa shape index (κ3) is 3.20. The van der Waals surface area contributed by atoms with Crippen LogP contribution in [0.1, 0.15) is 19.4 Å². The standard InChI is InChI=1S/C11H15ClO2/c1-8(2)7-14-11-4-3-10(12)5-9(11)6-13/h3-5,8,13H,6-7H2,1-2H3. The average molecular weight is 215 g/mol.